The SMILES string of the molecule is CNC(=O)CN1CCN(C(=O)CCC(=O)c2ccc(F)cc2)CC1. The number of nitrogens with one attached hydrogen (secondary N) is 1. The molecule has 1 fully saturated rings. The van der Waals surface area contributed by atoms with E-state index in [1.165, 1.54) is 24.3 Å². The van der Waals surface area contributed by atoms with Crippen molar-refractivity contribution in [2.24, 2.45) is 0 Å². The highest BCUT2D eigenvalue weighted by atomic mass is 19.1. The molecule has 0 atom stereocenters. The summed E-state index contributed by atoms with van der Waals surface area (Å²) in [5, 5.41) is 2.58. The molecule has 2 amide bonds. The van der Waals surface area contributed by atoms with Crippen molar-refractivity contribution in [3.63, 3.8) is 0 Å². The number of nitrogens with zero attached hydrogens (tertiary/aromatic N) is 2. The predicted octanol–water partition coefficient (Wildman–Crippen LogP) is 0.679. The van der Waals surface area contributed by atoms with Gasteiger partial charge in [0.25, 0.3) is 0 Å². The Kier molecular flexibility index (Phi) is 6.43. The Bertz CT molecular complexity index is 596. The van der Waals surface area contributed by atoms with E-state index in [0.29, 0.717) is 38.3 Å². The number of Topliss-reactive ketones (excluding diaryl/α,β-unsaturated/α-hetero) is 1. The first kappa shape index (κ1) is 18.1. The van der Waals surface area contributed by atoms with Crippen molar-refractivity contribution in [3.05, 3.63) is 35.6 Å². The van der Waals surface area contributed by atoms with Crippen LogP contribution in [0.1, 0.15) is 23.2 Å². The summed E-state index contributed by atoms with van der Waals surface area (Å²) in [6, 6.07) is 5.33. The van der Waals surface area contributed by atoms with Crippen LogP contribution in [0.4, 0.5) is 4.39 Å². The van der Waals surface area contributed by atoms with Gasteiger partial charge < -0.3 is 10.2 Å². The van der Waals surface area contributed by atoms with Gasteiger partial charge in [0.05, 0.1) is 6.54 Å². The summed E-state index contributed by atoms with van der Waals surface area (Å²) in [5.41, 5.74) is 0.416. The van der Waals surface area contributed by atoms with Crippen molar-refractivity contribution in [1.82, 2.24) is 15.1 Å². The molecule has 1 aliphatic rings. The van der Waals surface area contributed by atoms with Crippen LogP contribution in [0.25, 0.3) is 0 Å². The number of carbonyl (C=O) groups excluding carboxylic acids is 3. The average molecular weight is 335 g/mol. The molecule has 0 aliphatic carbocycles. The number of carbonyl (C=O) groups is 3. The van der Waals surface area contributed by atoms with E-state index in [-0.39, 0.29) is 30.4 Å². The van der Waals surface area contributed by atoms with Gasteiger partial charge in [-0.25, -0.2) is 4.39 Å². The molecule has 2 rings (SSSR count). The maximum atomic E-state index is 12.8. The fourth-order valence-electron chi connectivity index (χ4n) is 2.60. The molecule has 1 aromatic rings. The Labute approximate surface area is 140 Å². The molecule has 1 aromatic carbocycles. The van der Waals surface area contributed by atoms with Crippen molar-refractivity contribution < 1.29 is 18.8 Å². The molecule has 24 heavy (non-hydrogen) atoms. The second-order valence-electron chi connectivity index (χ2n) is 5.76. The molecular weight excluding hydrogens is 313 g/mol. The maximum Gasteiger partial charge on any atom is 0.233 e. The molecule has 130 valence electrons. The maximum absolute atomic E-state index is 12.8. The molecule has 1 N–H and O–H groups in total. The molecule has 0 radical (unpaired) electrons. The zero-order valence-electron chi connectivity index (χ0n) is 13.8. The van der Waals surface area contributed by atoms with Crippen molar-refractivity contribution in [2.75, 3.05) is 39.8 Å². The molecular formula is C17H22FN3O3. The van der Waals surface area contributed by atoms with Crippen LogP contribution in [-0.2, 0) is 9.59 Å². The Hall–Kier alpha value is -2.28. The number of hydrogen-bond acceptors (Lipinski definition) is 4. The minimum Gasteiger partial charge on any atom is -0.358 e. The third-order valence-electron chi connectivity index (χ3n) is 4.10. The summed E-state index contributed by atoms with van der Waals surface area (Å²) >= 11 is 0. The molecule has 1 heterocycles. The summed E-state index contributed by atoms with van der Waals surface area (Å²) in [7, 11) is 1.60. The van der Waals surface area contributed by atoms with Crippen molar-refractivity contribution in [1.29, 1.82) is 0 Å². The number of likely N-dealkylation sites (N-methyl/N-ethyl adjacent to an activating group) is 1. The van der Waals surface area contributed by atoms with Gasteiger partial charge in [-0.15, -0.1) is 0 Å². The van der Waals surface area contributed by atoms with Crippen LogP contribution in [0.5, 0.6) is 0 Å². The Morgan fingerprint density at radius 2 is 1.67 bits per heavy atom. The average Bonchev–Trinajstić information content (AvgIpc) is 2.60. The Morgan fingerprint density at radius 3 is 2.25 bits per heavy atom. The van der Waals surface area contributed by atoms with Gasteiger partial charge in [-0.3, -0.25) is 19.3 Å². The molecule has 1 aliphatic heterocycles. The van der Waals surface area contributed by atoms with Gasteiger partial charge in [-0.05, 0) is 24.3 Å². The summed E-state index contributed by atoms with van der Waals surface area (Å²) in [5.74, 6) is -0.663. The first-order valence-corrected chi connectivity index (χ1v) is 7.99. The highest BCUT2D eigenvalue weighted by Crippen LogP contribution is 2.10. The summed E-state index contributed by atoms with van der Waals surface area (Å²) in [6.07, 6.45) is 0.259. The van der Waals surface area contributed by atoms with Crippen LogP contribution >= 0.6 is 0 Å². The fourth-order valence-corrected chi connectivity index (χ4v) is 2.60. The molecule has 0 bridgehead atoms. The number of piperazine rings is 1. The van der Waals surface area contributed by atoms with E-state index in [0.717, 1.165) is 0 Å². The molecule has 0 saturated carbocycles. The monoisotopic (exact) mass is 335 g/mol. The molecule has 1 saturated heterocycles. The Balaban J connectivity index is 1.74. The topological polar surface area (TPSA) is 69.7 Å². The lowest BCUT2D eigenvalue weighted by atomic mass is 10.1. The van der Waals surface area contributed by atoms with E-state index in [2.05, 4.69) is 5.32 Å². The molecule has 7 heteroatoms. The highest BCUT2D eigenvalue weighted by molar-refractivity contribution is 5.97. The summed E-state index contributed by atoms with van der Waals surface area (Å²) < 4.78 is 12.8. The van der Waals surface area contributed by atoms with Crippen LogP contribution in [0, 0.1) is 5.82 Å². The summed E-state index contributed by atoms with van der Waals surface area (Å²) in [6.45, 7) is 2.73. The van der Waals surface area contributed by atoms with E-state index < -0.39 is 5.82 Å². The van der Waals surface area contributed by atoms with Gasteiger partial charge in [0.15, 0.2) is 5.78 Å². The minimum absolute atomic E-state index is 0.0420. The number of benzene rings is 1. The standard InChI is InChI=1S/C17H22FN3O3/c1-19-16(23)12-20-8-10-21(11-9-20)17(24)7-6-15(22)13-2-4-14(18)5-3-13/h2-5H,6-12H2,1H3,(H,19,23). The number of rotatable bonds is 6. The number of halogens is 1. The number of amides is 2. The lowest BCUT2D eigenvalue weighted by Gasteiger charge is -2.34. The van der Waals surface area contributed by atoms with E-state index >= 15 is 0 Å². The van der Waals surface area contributed by atoms with Gasteiger partial charge in [0.1, 0.15) is 5.82 Å². The van der Waals surface area contributed by atoms with Gasteiger partial charge in [-0.2, -0.15) is 0 Å². The van der Waals surface area contributed by atoms with Crippen molar-refractivity contribution in [2.45, 2.75) is 12.8 Å². The predicted molar refractivity (Wildman–Crippen MR) is 87.1 cm³/mol. The number of hydrogen-bond donors (Lipinski definition) is 1. The van der Waals surface area contributed by atoms with E-state index in [9.17, 15) is 18.8 Å². The van der Waals surface area contributed by atoms with Gasteiger partial charge >= 0.3 is 0 Å². The third-order valence-corrected chi connectivity index (χ3v) is 4.10. The second-order valence-corrected chi connectivity index (χ2v) is 5.76. The first-order chi connectivity index (χ1) is 11.5. The van der Waals surface area contributed by atoms with Crippen molar-refractivity contribution >= 4 is 17.6 Å². The Morgan fingerprint density at radius 1 is 1.04 bits per heavy atom. The van der Waals surface area contributed by atoms with E-state index in [1.807, 2.05) is 4.90 Å². The lowest BCUT2D eigenvalue weighted by Crippen LogP contribution is -2.50. The smallest absolute Gasteiger partial charge is 0.233 e. The van der Waals surface area contributed by atoms with Gasteiger partial charge in [0, 0.05) is 51.6 Å². The summed E-state index contributed by atoms with van der Waals surface area (Å²) in [4.78, 5) is 39.2. The third kappa shape index (κ3) is 5.13. The molecule has 0 aromatic heterocycles. The largest absolute Gasteiger partial charge is 0.358 e. The van der Waals surface area contributed by atoms with Crippen molar-refractivity contribution in [3.8, 4) is 0 Å². The normalized spacial score (nSPS) is 15.2. The van der Waals surface area contributed by atoms with E-state index in [4.69, 9.17) is 0 Å². The van der Waals surface area contributed by atoms with Gasteiger partial charge in [-0.1, -0.05) is 0 Å². The quantitative estimate of drug-likeness (QED) is 0.776. The molecule has 6 nitrogen and oxygen atoms in total. The lowest BCUT2D eigenvalue weighted by molar-refractivity contribution is -0.133. The van der Waals surface area contributed by atoms with Crippen LogP contribution in [0.15, 0.2) is 24.3 Å². The minimum atomic E-state index is -0.391. The molecule has 0 unspecified atom stereocenters. The highest BCUT2D eigenvalue weighted by Gasteiger charge is 2.22. The van der Waals surface area contributed by atoms with Crippen LogP contribution in [0.3, 0.4) is 0 Å². The second kappa shape index (κ2) is 8.54. The van der Waals surface area contributed by atoms with E-state index in [1.54, 1.807) is 11.9 Å². The van der Waals surface area contributed by atoms with Crippen LogP contribution in [0.2, 0.25) is 0 Å². The number of ketones is 1. The zero-order chi connectivity index (χ0) is 17.5. The molecule has 0 spiro atoms. The first-order valence-electron chi connectivity index (χ1n) is 7.99. The van der Waals surface area contributed by atoms with Gasteiger partial charge in [0.2, 0.25) is 11.8 Å². The fraction of sp³-hybridized carbons (Fsp3) is 0.471. The van der Waals surface area contributed by atoms with Crippen LogP contribution in [-0.4, -0.2) is 67.2 Å². The van der Waals surface area contributed by atoms with Crippen LogP contribution < -0.4 is 5.32 Å². The zero-order valence-corrected chi connectivity index (χ0v) is 13.8.